The van der Waals surface area contributed by atoms with Gasteiger partial charge in [-0.05, 0) is 45.2 Å². The molecule has 4 atom stereocenters. The van der Waals surface area contributed by atoms with Gasteiger partial charge in [0.25, 0.3) is 5.91 Å². The third-order valence-corrected chi connectivity index (χ3v) is 6.31. The number of ether oxygens (including phenoxy) is 1. The molecule has 4 amide bonds. The zero-order valence-electron chi connectivity index (χ0n) is 19.9. The van der Waals surface area contributed by atoms with Crippen LogP contribution in [0.3, 0.4) is 0 Å². The van der Waals surface area contributed by atoms with Crippen LogP contribution in [0, 0.1) is 0 Å². The molecule has 3 fully saturated rings. The van der Waals surface area contributed by atoms with Gasteiger partial charge in [-0.15, -0.1) is 14.5 Å². The molecule has 4 rings (SSSR count). The van der Waals surface area contributed by atoms with E-state index in [0.29, 0.717) is 11.5 Å². The van der Waals surface area contributed by atoms with Crippen LogP contribution in [0.4, 0.5) is 9.59 Å². The summed E-state index contributed by atoms with van der Waals surface area (Å²) >= 11 is 0. The largest absolute Gasteiger partial charge is 0.444 e. The Morgan fingerprint density at radius 3 is 2.61 bits per heavy atom. The molecule has 0 spiro atoms. The minimum Gasteiger partial charge on any atom is -0.444 e. The van der Waals surface area contributed by atoms with E-state index in [1.165, 1.54) is 16.0 Å². The van der Waals surface area contributed by atoms with Crippen molar-refractivity contribution in [2.75, 3.05) is 19.7 Å². The summed E-state index contributed by atoms with van der Waals surface area (Å²) in [5.41, 5.74) is 1.60. The van der Waals surface area contributed by atoms with Gasteiger partial charge in [-0.25, -0.2) is 15.1 Å². The number of tetrazole rings is 1. The van der Waals surface area contributed by atoms with Crippen LogP contribution in [0.25, 0.3) is 0 Å². The van der Waals surface area contributed by atoms with Crippen LogP contribution in [-0.4, -0.2) is 109 Å². The first kappa shape index (κ1) is 26.0. The van der Waals surface area contributed by atoms with E-state index in [9.17, 15) is 22.8 Å². The monoisotopic (exact) mass is 532 g/mol. The van der Waals surface area contributed by atoms with Crippen molar-refractivity contribution in [2.45, 2.75) is 69.8 Å². The Bertz CT molecular complexity index is 1090. The lowest BCUT2D eigenvalue weighted by atomic mass is 10.0. The smallest absolute Gasteiger partial charge is 0.418 e. The van der Waals surface area contributed by atoms with Crippen molar-refractivity contribution >= 4 is 28.4 Å². The first-order chi connectivity index (χ1) is 16.8. The number of aromatic nitrogens is 4. The van der Waals surface area contributed by atoms with Crippen molar-refractivity contribution in [3.63, 3.8) is 0 Å². The number of fused-ring (bicyclic) bond motifs is 2. The number of likely N-dealkylation sites (tertiary alicyclic amines) is 1. The highest BCUT2D eigenvalue weighted by atomic mass is 32.3. The first-order valence-electron chi connectivity index (χ1n) is 11.2. The predicted molar refractivity (Wildman–Crippen MR) is 116 cm³/mol. The molecule has 0 saturated carbocycles. The van der Waals surface area contributed by atoms with Crippen LogP contribution >= 0.6 is 0 Å². The van der Waals surface area contributed by atoms with Gasteiger partial charge in [0.15, 0.2) is 6.33 Å². The lowest BCUT2D eigenvalue weighted by molar-refractivity contribution is -0.140. The number of piperidine rings is 1. The second-order valence-electron chi connectivity index (χ2n) is 9.72. The van der Waals surface area contributed by atoms with Gasteiger partial charge in [-0.2, -0.15) is 18.3 Å². The molecule has 0 radical (unpaired) electrons. The molecule has 0 aliphatic carbocycles. The molecule has 1 aromatic heterocycles. The number of hydroxylamine groups is 3. The van der Waals surface area contributed by atoms with Crippen LogP contribution in [0.5, 0.6) is 0 Å². The summed E-state index contributed by atoms with van der Waals surface area (Å²) < 4.78 is 40.8. The summed E-state index contributed by atoms with van der Waals surface area (Å²) in [5, 5.41) is 12.2. The van der Waals surface area contributed by atoms with Crippen LogP contribution in [-0.2, 0) is 29.1 Å². The maximum atomic E-state index is 12.8. The molecule has 36 heavy (non-hydrogen) atoms. The van der Waals surface area contributed by atoms with E-state index in [1.807, 2.05) is 0 Å². The maximum absolute atomic E-state index is 12.8. The fourth-order valence-electron chi connectivity index (χ4n) is 4.48. The number of nitrogens with one attached hydrogen (secondary N) is 1. The summed E-state index contributed by atoms with van der Waals surface area (Å²) in [4.78, 5) is 47.5. The highest BCUT2D eigenvalue weighted by Gasteiger charge is 2.49. The van der Waals surface area contributed by atoms with Gasteiger partial charge in [0, 0.05) is 13.1 Å². The van der Waals surface area contributed by atoms with E-state index in [0.717, 1.165) is 4.90 Å². The number of amides is 4. The van der Waals surface area contributed by atoms with Crippen molar-refractivity contribution in [2.24, 2.45) is 0 Å². The second-order valence-corrected chi connectivity index (χ2v) is 10.7. The molecule has 200 valence electrons. The Morgan fingerprint density at radius 1 is 1.22 bits per heavy atom. The second kappa shape index (κ2) is 9.75. The molecule has 2 N–H and O–H groups in total. The highest BCUT2D eigenvalue weighted by Crippen LogP contribution is 2.31. The number of hydrogen-bond acceptors (Lipinski definition) is 11. The summed E-state index contributed by atoms with van der Waals surface area (Å²) in [6.45, 7) is 5.48. The molecular weight excluding hydrogens is 504 g/mol. The van der Waals surface area contributed by atoms with E-state index >= 15 is 0 Å². The van der Waals surface area contributed by atoms with Gasteiger partial charge >= 0.3 is 22.5 Å². The molecule has 18 heteroatoms. The summed E-state index contributed by atoms with van der Waals surface area (Å²) in [6.07, 6.45) is 1.66. The number of rotatable bonds is 7. The minimum atomic E-state index is -4.89. The average Bonchev–Trinajstić information content (AvgIpc) is 3.48. The molecule has 3 aliphatic heterocycles. The number of carbonyl (C=O) groups is 3. The Hall–Kier alpha value is -3.09. The zero-order valence-corrected chi connectivity index (χ0v) is 20.7. The number of hydrogen-bond donors (Lipinski definition) is 2. The summed E-state index contributed by atoms with van der Waals surface area (Å²) in [7, 11) is -4.89. The lowest BCUT2D eigenvalue weighted by Crippen LogP contribution is -2.50. The summed E-state index contributed by atoms with van der Waals surface area (Å²) in [6, 6.07) is -3.14. The molecule has 0 aromatic carbocycles. The number of nitrogens with zero attached hydrogens (tertiary/aromatic N) is 7. The van der Waals surface area contributed by atoms with E-state index in [2.05, 4.69) is 25.2 Å². The predicted octanol–water partition coefficient (Wildman–Crippen LogP) is -0.726. The van der Waals surface area contributed by atoms with Crippen molar-refractivity contribution in [1.29, 1.82) is 0 Å². The lowest BCUT2D eigenvalue weighted by Gasteiger charge is -2.30. The third-order valence-electron chi connectivity index (χ3n) is 5.96. The summed E-state index contributed by atoms with van der Waals surface area (Å²) in [5.74, 6) is -0.619. The van der Waals surface area contributed by atoms with Gasteiger partial charge in [0.1, 0.15) is 11.6 Å². The van der Waals surface area contributed by atoms with Crippen molar-refractivity contribution < 1.29 is 41.2 Å². The van der Waals surface area contributed by atoms with Gasteiger partial charge < -0.3 is 14.5 Å². The van der Waals surface area contributed by atoms with Gasteiger partial charge in [-0.3, -0.25) is 14.2 Å². The van der Waals surface area contributed by atoms with Gasteiger partial charge in [0.05, 0.1) is 24.7 Å². The normalized spacial score (nSPS) is 26.4. The first-order valence-corrected chi connectivity index (χ1v) is 12.6. The van der Waals surface area contributed by atoms with E-state index in [-0.39, 0.29) is 38.6 Å². The Kier molecular flexibility index (Phi) is 7.04. The van der Waals surface area contributed by atoms with Crippen molar-refractivity contribution in [1.82, 2.24) is 40.6 Å². The molecule has 0 unspecified atom stereocenters. The Labute approximate surface area is 206 Å². The zero-order chi connectivity index (χ0) is 26.3. The van der Waals surface area contributed by atoms with E-state index in [1.54, 1.807) is 20.8 Å². The van der Waals surface area contributed by atoms with E-state index < -0.39 is 52.2 Å². The van der Waals surface area contributed by atoms with Crippen molar-refractivity contribution in [3.05, 3.63) is 6.33 Å². The van der Waals surface area contributed by atoms with Crippen LogP contribution in [0.2, 0.25) is 0 Å². The molecule has 3 saturated heterocycles. The Morgan fingerprint density at radius 2 is 1.97 bits per heavy atom. The topological polar surface area (TPSA) is 199 Å². The maximum Gasteiger partial charge on any atom is 0.418 e. The molecular formula is C18H28N8O9S. The molecule has 4 heterocycles. The number of urea groups is 1. The SMILES string of the molecule is CC(C)(C)OC(=O)N1C[C@@H](n2ncnn2)C[C@H]1CONC(=O)[C@@H]1CC[C@@H]2CN1C(=O)N2OS(=O)(=O)O. The quantitative estimate of drug-likeness (QED) is 0.330. The van der Waals surface area contributed by atoms with Crippen LogP contribution in [0.1, 0.15) is 46.1 Å². The molecule has 1 aromatic rings. The molecule has 17 nitrogen and oxygen atoms in total. The number of carbonyl (C=O) groups excluding carboxylic acids is 3. The molecule has 3 aliphatic rings. The van der Waals surface area contributed by atoms with E-state index in [4.69, 9.17) is 14.1 Å². The Balaban J connectivity index is 1.35. The van der Waals surface area contributed by atoms with Gasteiger partial charge in [0.2, 0.25) is 0 Å². The highest BCUT2D eigenvalue weighted by molar-refractivity contribution is 7.80. The third kappa shape index (κ3) is 5.82. The van der Waals surface area contributed by atoms with Gasteiger partial charge in [-0.1, -0.05) is 0 Å². The fourth-order valence-corrected chi connectivity index (χ4v) is 4.87. The standard InChI is InChI=1S/C18H28N8O9S/c1-18(2,3)34-17(29)23-8-12(26-20-10-19-22-26)6-13(23)9-33-21-15(27)14-5-4-11-7-24(14)16(28)25(11)35-36(30,31)32/h10-14H,4-9H2,1-3H3,(H,21,27)(H,30,31,32)/t11-,12+,13+,14+/m1/s1. The van der Waals surface area contributed by atoms with Crippen LogP contribution < -0.4 is 5.48 Å². The molecule has 2 bridgehead atoms. The van der Waals surface area contributed by atoms with Crippen LogP contribution in [0.15, 0.2) is 6.33 Å². The van der Waals surface area contributed by atoms with Crippen molar-refractivity contribution in [3.8, 4) is 0 Å². The minimum absolute atomic E-state index is 0.0497. The average molecular weight is 533 g/mol. The fraction of sp³-hybridized carbons (Fsp3) is 0.778.